The number of amides is 1. The van der Waals surface area contributed by atoms with Gasteiger partial charge in [-0.15, -0.1) is 0 Å². The van der Waals surface area contributed by atoms with Gasteiger partial charge in [0.25, 0.3) is 0 Å². The van der Waals surface area contributed by atoms with Crippen LogP contribution in [-0.2, 0) is 25.1 Å². The summed E-state index contributed by atoms with van der Waals surface area (Å²) < 4.78 is 30.6. The molecule has 0 unspecified atom stereocenters. The Kier molecular flexibility index (Phi) is 6.12. The largest absolute Gasteiger partial charge is 0.381 e. The van der Waals surface area contributed by atoms with Crippen LogP contribution in [0.4, 0.5) is 5.69 Å². The Balaban J connectivity index is 1.63. The summed E-state index contributed by atoms with van der Waals surface area (Å²) in [7, 11) is -3.13. The van der Waals surface area contributed by atoms with E-state index < -0.39 is 9.84 Å². The topological polar surface area (TPSA) is 72.5 Å². The highest BCUT2D eigenvalue weighted by Crippen LogP contribution is 2.27. The van der Waals surface area contributed by atoms with Crippen LogP contribution in [0.5, 0.6) is 0 Å². The molecule has 1 amide bonds. The minimum Gasteiger partial charge on any atom is -0.381 e. The molecule has 0 aromatic heterocycles. The van der Waals surface area contributed by atoms with Crippen molar-refractivity contribution in [1.82, 2.24) is 0 Å². The number of hydrogen-bond acceptors (Lipinski definition) is 4. The molecular formula is C19H27NO4S. The van der Waals surface area contributed by atoms with Gasteiger partial charge >= 0.3 is 0 Å². The molecule has 1 N–H and O–H groups in total. The maximum absolute atomic E-state index is 12.6. The zero-order valence-electron chi connectivity index (χ0n) is 14.6. The van der Waals surface area contributed by atoms with Gasteiger partial charge in [-0.25, -0.2) is 8.42 Å². The number of anilines is 1. The first-order chi connectivity index (χ1) is 12.0. The van der Waals surface area contributed by atoms with E-state index in [2.05, 4.69) is 5.32 Å². The Labute approximate surface area is 150 Å². The average molecular weight is 365 g/mol. The van der Waals surface area contributed by atoms with Crippen LogP contribution in [0.1, 0.15) is 50.5 Å². The fourth-order valence-corrected chi connectivity index (χ4v) is 5.65. The van der Waals surface area contributed by atoms with Gasteiger partial charge in [-0.3, -0.25) is 4.79 Å². The van der Waals surface area contributed by atoms with Gasteiger partial charge in [0.05, 0.1) is 11.0 Å². The number of carbonyl (C=O) groups is 1. The normalized spacial score (nSPS) is 20.3. The minimum atomic E-state index is -3.13. The molecule has 5 nitrogen and oxygen atoms in total. The molecule has 0 bridgehead atoms. The van der Waals surface area contributed by atoms with E-state index in [4.69, 9.17) is 4.74 Å². The second kappa shape index (κ2) is 8.32. The van der Waals surface area contributed by atoms with Crippen LogP contribution in [0.15, 0.2) is 24.3 Å². The van der Waals surface area contributed by atoms with Crippen molar-refractivity contribution in [2.24, 2.45) is 5.92 Å². The SMILES string of the molecule is O=C(Nc1cccc(CS(=O)(=O)C2CCCCC2)c1)C1CCOCC1. The molecule has 6 heteroatoms. The Morgan fingerprint density at radius 2 is 1.80 bits per heavy atom. The molecule has 25 heavy (non-hydrogen) atoms. The van der Waals surface area contributed by atoms with E-state index in [0.29, 0.717) is 18.9 Å². The highest BCUT2D eigenvalue weighted by atomic mass is 32.2. The molecule has 2 aliphatic rings. The molecule has 1 aromatic carbocycles. The number of benzene rings is 1. The summed E-state index contributed by atoms with van der Waals surface area (Å²) in [6.45, 7) is 1.25. The van der Waals surface area contributed by atoms with Crippen LogP contribution in [0.3, 0.4) is 0 Å². The Bertz CT molecular complexity index is 689. The number of hydrogen-bond donors (Lipinski definition) is 1. The molecule has 1 aromatic rings. The predicted molar refractivity (Wildman–Crippen MR) is 98.1 cm³/mol. The van der Waals surface area contributed by atoms with Crippen molar-refractivity contribution in [3.63, 3.8) is 0 Å². The number of rotatable bonds is 5. The van der Waals surface area contributed by atoms with Crippen molar-refractivity contribution in [2.45, 2.75) is 55.9 Å². The lowest BCUT2D eigenvalue weighted by Gasteiger charge is -2.22. The van der Waals surface area contributed by atoms with Gasteiger partial charge in [0.1, 0.15) is 0 Å². The van der Waals surface area contributed by atoms with Crippen molar-refractivity contribution < 1.29 is 17.9 Å². The van der Waals surface area contributed by atoms with Gasteiger partial charge in [0.15, 0.2) is 9.84 Å². The molecule has 0 radical (unpaired) electrons. The molecule has 3 rings (SSSR count). The fourth-order valence-electron chi connectivity index (χ4n) is 3.72. The standard InChI is InChI=1S/C19H27NO4S/c21-19(16-9-11-24-12-10-16)20-17-6-4-5-15(13-17)14-25(22,23)18-7-2-1-3-8-18/h4-6,13,16,18H,1-3,7-12,14H2,(H,20,21). The van der Waals surface area contributed by atoms with E-state index in [1.807, 2.05) is 18.2 Å². The summed E-state index contributed by atoms with van der Waals surface area (Å²) in [5.74, 6) is 0.0255. The van der Waals surface area contributed by atoms with E-state index in [-0.39, 0.29) is 22.8 Å². The molecule has 1 aliphatic carbocycles. The first-order valence-electron chi connectivity index (χ1n) is 9.24. The van der Waals surface area contributed by atoms with Gasteiger partial charge in [0, 0.05) is 24.8 Å². The van der Waals surface area contributed by atoms with Crippen LogP contribution in [-0.4, -0.2) is 32.8 Å². The predicted octanol–water partition coefficient (Wildman–Crippen LogP) is 3.30. The van der Waals surface area contributed by atoms with Crippen LogP contribution < -0.4 is 5.32 Å². The van der Waals surface area contributed by atoms with Gasteiger partial charge < -0.3 is 10.1 Å². The first-order valence-corrected chi connectivity index (χ1v) is 11.0. The van der Waals surface area contributed by atoms with Crippen molar-refractivity contribution in [3.05, 3.63) is 29.8 Å². The third-order valence-electron chi connectivity index (χ3n) is 5.21. The number of nitrogens with one attached hydrogen (secondary N) is 1. The van der Waals surface area contributed by atoms with Crippen LogP contribution in [0.25, 0.3) is 0 Å². The van der Waals surface area contributed by atoms with Crippen molar-refractivity contribution in [1.29, 1.82) is 0 Å². The lowest BCUT2D eigenvalue weighted by molar-refractivity contribution is -0.122. The van der Waals surface area contributed by atoms with Crippen LogP contribution >= 0.6 is 0 Å². The van der Waals surface area contributed by atoms with Crippen LogP contribution in [0.2, 0.25) is 0 Å². The molecule has 1 aliphatic heterocycles. The van der Waals surface area contributed by atoms with Crippen molar-refractivity contribution in [2.75, 3.05) is 18.5 Å². The van der Waals surface area contributed by atoms with E-state index in [1.165, 1.54) is 0 Å². The summed E-state index contributed by atoms with van der Waals surface area (Å²) in [5.41, 5.74) is 1.42. The Hall–Kier alpha value is -1.40. The third kappa shape index (κ3) is 5.05. The van der Waals surface area contributed by atoms with E-state index in [1.54, 1.807) is 6.07 Å². The highest BCUT2D eigenvalue weighted by Gasteiger charge is 2.27. The molecule has 2 fully saturated rings. The van der Waals surface area contributed by atoms with Gasteiger partial charge in [-0.05, 0) is 43.4 Å². The lowest BCUT2D eigenvalue weighted by atomic mass is 9.99. The minimum absolute atomic E-state index is 0.00409. The van der Waals surface area contributed by atoms with Crippen molar-refractivity contribution in [3.8, 4) is 0 Å². The van der Waals surface area contributed by atoms with Gasteiger partial charge in [0.2, 0.25) is 5.91 Å². The van der Waals surface area contributed by atoms with E-state index in [0.717, 1.165) is 50.5 Å². The highest BCUT2D eigenvalue weighted by molar-refractivity contribution is 7.91. The van der Waals surface area contributed by atoms with Gasteiger partial charge in [-0.2, -0.15) is 0 Å². The summed E-state index contributed by atoms with van der Waals surface area (Å²) in [6, 6.07) is 7.24. The van der Waals surface area contributed by atoms with E-state index in [9.17, 15) is 13.2 Å². The third-order valence-corrected chi connectivity index (χ3v) is 7.44. The second-order valence-corrected chi connectivity index (χ2v) is 9.42. The van der Waals surface area contributed by atoms with Crippen LogP contribution in [0, 0.1) is 5.92 Å². The number of ether oxygens (including phenoxy) is 1. The molecule has 0 spiro atoms. The zero-order valence-corrected chi connectivity index (χ0v) is 15.4. The quantitative estimate of drug-likeness (QED) is 0.869. The monoisotopic (exact) mass is 365 g/mol. The average Bonchev–Trinajstić information content (AvgIpc) is 2.63. The molecule has 0 atom stereocenters. The number of sulfone groups is 1. The maximum atomic E-state index is 12.6. The molecule has 138 valence electrons. The van der Waals surface area contributed by atoms with Gasteiger partial charge in [-0.1, -0.05) is 31.4 Å². The lowest BCUT2D eigenvalue weighted by Crippen LogP contribution is -2.28. The molecular weight excluding hydrogens is 338 g/mol. The molecule has 1 heterocycles. The summed E-state index contributed by atoms with van der Waals surface area (Å²) in [5, 5.41) is 2.72. The molecule has 1 saturated heterocycles. The zero-order chi connectivity index (χ0) is 17.7. The summed E-state index contributed by atoms with van der Waals surface area (Å²) in [4.78, 5) is 12.3. The second-order valence-electron chi connectivity index (χ2n) is 7.14. The number of carbonyl (C=O) groups excluding carboxylic acids is 1. The van der Waals surface area contributed by atoms with E-state index >= 15 is 0 Å². The molecule has 1 saturated carbocycles. The smallest absolute Gasteiger partial charge is 0.227 e. The summed E-state index contributed by atoms with van der Waals surface area (Å²) in [6.07, 6.45) is 6.18. The Morgan fingerprint density at radius 3 is 2.52 bits per heavy atom. The first kappa shape index (κ1) is 18.4. The fraction of sp³-hybridized carbons (Fsp3) is 0.632. The summed E-state index contributed by atoms with van der Waals surface area (Å²) >= 11 is 0. The Morgan fingerprint density at radius 1 is 1.08 bits per heavy atom. The maximum Gasteiger partial charge on any atom is 0.227 e. The van der Waals surface area contributed by atoms with Crippen molar-refractivity contribution >= 4 is 21.4 Å².